The average Bonchev–Trinajstić information content (AvgIpc) is 3.03. The zero-order chi connectivity index (χ0) is 18.1. The molecule has 4 aromatic rings. The summed E-state index contributed by atoms with van der Waals surface area (Å²) in [6.45, 7) is 4.12. The Morgan fingerprint density at radius 3 is 2.46 bits per heavy atom. The summed E-state index contributed by atoms with van der Waals surface area (Å²) in [5.41, 5.74) is 6.02. The first kappa shape index (κ1) is 16.6. The Bertz CT molecular complexity index is 1050. The lowest BCUT2D eigenvalue weighted by Crippen LogP contribution is -2.02. The molecule has 5 heteroatoms. The molecule has 4 rings (SSSR count). The Hall–Kier alpha value is -2.85. The summed E-state index contributed by atoms with van der Waals surface area (Å²) in [5, 5.41) is 8.97. The van der Waals surface area contributed by atoms with E-state index in [1.54, 1.807) is 0 Å². The first-order valence-corrected chi connectivity index (χ1v) is 9.01. The van der Waals surface area contributed by atoms with Gasteiger partial charge in [-0.25, -0.2) is 4.98 Å². The number of benzene rings is 2. The molecule has 0 aliphatic heterocycles. The number of nitrogens with zero attached hydrogens (tertiary/aromatic N) is 3. The Morgan fingerprint density at radius 1 is 1.04 bits per heavy atom. The van der Waals surface area contributed by atoms with Crippen molar-refractivity contribution in [3.05, 3.63) is 77.1 Å². The molecule has 0 spiro atoms. The molecule has 0 atom stereocenters. The SMILES string of the molecule is CCc1nn2c(Nc3ccc(Cl)cc3)cc(C)nc2c1-c1ccccc1. The van der Waals surface area contributed by atoms with E-state index in [2.05, 4.69) is 24.4 Å². The van der Waals surface area contributed by atoms with Crippen molar-refractivity contribution in [2.75, 3.05) is 5.32 Å². The van der Waals surface area contributed by atoms with Crippen LogP contribution >= 0.6 is 11.6 Å². The Morgan fingerprint density at radius 2 is 1.77 bits per heavy atom. The van der Waals surface area contributed by atoms with E-state index in [9.17, 15) is 0 Å². The Balaban J connectivity index is 1.90. The number of nitrogens with one attached hydrogen (secondary N) is 1. The van der Waals surface area contributed by atoms with Crippen LogP contribution in [0.1, 0.15) is 18.3 Å². The first-order chi connectivity index (χ1) is 12.7. The molecule has 2 heterocycles. The maximum Gasteiger partial charge on any atom is 0.165 e. The van der Waals surface area contributed by atoms with E-state index >= 15 is 0 Å². The Kier molecular flexibility index (Phi) is 4.35. The van der Waals surface area contributed by atoms with E-state index in [4.69, 9.17) is 21.7 Å². The number of rotatable bonds is 4. The highest BCUT2D eigenvalue weighted by molar-refractivity contribution is 6.30. The topological polar surface area (TPSA) is 42.2 Å². The highest BCUT2D eigenvalue weighted by Crippen LogP contribution is 2.30. The molecule has 130 valence electrons. The van der Waals surface area contributed by atoms with Crippen LogP contribution in [0.15, 0.2) is 60.7 Å². The van der Waals surface area contributed by atoms with Gasteiger partial charge >= 0.3 is 0 Å². The predicted octanol–water partition coefficient (Wildman–Crippen LogP) is 5.66. The summed E-state index contributed by atoms with van der Waals surface area (Å²) in [6.07, 6.45) is 0.840. The largest absolute Gasteiger partial charge is 0.340 e. The lowest BCUT2D eigenvalue weighted by molar-refractivity contribution is 0.889. The summed E-state index contributed by atoms with van der Waals surface area (Å²) in [5.74, 6) is 0.881. The van der Waals surface area contributed by atoms with Crippen molar-refractivity contribution in [3.63, 3.8) is 0 Å². The molecule has 0 saturated heterocycles. The van der Waals surface area contributed by atoms with Gasteiger partial charge in [0.1, 0.15) is 5.82 Å². The van der Waals surface area contributed by atoms with Gasteiger partial charge in [0.15, 0.2) is 5.65 Å². The molecule has 0 aliphatic carbocycles. The molecular formula is C21H19ClN4. The molecule has 0 fully saturated rings. The number of anilines is 2. The van der Waals surface area contributed by atoms with Crippen LogP contribution in [0.4, 0.5) is 11.5 Å². The van der Waals surface area contributed by atoms with Gasteiger partial charge in [0.25, 0.3) is 0 Å². The lowest BCUT2D eigenvalue weighted by Gasteiger charge is -2.10. The van der Waals surface area contributed by atoms with E-state index in [1.807, 2.05) is 60.0 Å². The third kappa shape index (κ3) is 3.04. The molecule has 1 N–H and O–H groups in total. The molecule has 0 radical (unpaired) electrons. The highest BCUT2D eigenvalue weighted by atomic mass is 35.5. The van der Waals surface area contributed by atoms with Gasteiger partial charge < -0.3 is 5.32 Å². The number of hydrogen-bond donors (Lipinski definition) is 1. The van der Waals surface area contributed by atoms with Crippen LogP contribution in [0.25, 0.3) is 16.8 Å². The zero-order valence-electron chi connectivity index (χ0n) is 14.7. The van der Waals surface area contributed by atoms with Crippen LogP contribution in [0.3, 0.4) is 0 Å². The number of fused-ring (bicyclic) bond motifs is 1. The summed E-state index contributed by atoms with van der Waals surface area (Å²) in [6, 6.07) is 19.9. The molecule has 2 aromatic carbocycles. The van der Waals surface area contributed by atoms with Crippen molar-refractivity contribution >= 4 is 28.8 Å². The summed E-state index contributed by atoms with van der Waals surface area (Å²) in [7, 11) is 0. The van der Waals surface area contributed by atoms with Gasteiger partial charge in [0.2, 0.25) is 0 Å². The third-order valence-electron chi connectivity index (χ3n) is 4.30. The fourth-order valence-electron chi connectivity index (χ4n) is 3.10. The fraction of sp³-hybridized carbons (Fsp3) is 0.143. The van der Waals surface area contributed by atoms with Crippen LogP contribution in [-0.4, -0.2) is 14.6 Å². The highest BCUT2D eigenvalue weighted by Gasteiger charge is 2.17. The van der Waals surface area contributed by atoms with Gasteiger partial charge in [-0.15, -0.1) is 0 Å². The quantitative estimate of drug-likeness (QED) is 0.509. The van der Waals surface area contributed by atoms with Crippen molar-refractivity contribution in [1.82, 2.24) is 14.6 Å². The van der Waals surface area contributed by atoms with E-state index in [0.717, 1.165) is 46.1 Å². The van der Waals surface area contributed by atoms with Crippen molar-refractivity contribution in [2.45, 2.75) is 20.3 Å². The average molecular weight is 363 g/mol. The van der Waals surface area contributed by atoms with Crippen LogP contribution in [0, 0.1) is 6.92 Å². The smallest absolute Gasteiger partial charge is 0.165 e. The van der Waals surface area contributed by atoms with Gasteiger partial charge in [-0.2, -0.15) is 9.61 Å². The summed E-state index contributed by atoms with van der Waals surface area (Å²) in [4.78, 5) is 4.78. The zero-order valence-corrected chi connectivity index (χ0v) is 15.5. The van der Waals surface area contributed by atoms with Crippen LogP contribution in [0.2, 0.25) is 5.02 Å². The van der Waals surface area contributed by atoms with Gasteiger partial charge in [-0.3, -0.25) is 0 Å². The number of hydrogen-bond acceptors (Lipinski definition) is 3. The minimum Gasteiger partial charge on any atom is -0.340 e. The standard InChI is InChI=1S/C21H19ClN4/c1-3-18-20(15-7-5-4-6-8-15)21-23-14(2)13-19(26(21)25-18)24-17-11-9-16(22)10-12-17/h4-13,24H,3H2,1-2H3. The number of halogens is 1. The molecule has 2 aromatic heterocycles. The monoisotopic (exact) mass is 362 g/mol. The molecule has 0 unspecified atom stereocenters. The van der Waals surface area contributed by atoms with Gasteiger partial charge in [0.05, 0.1) is 5.69 Å². The molecule has 0 bridgehead atoms. The van der Waals surface area contributed by atoms with E-state index < -0.39 is 0 Å². The Labute approximate surface area is 157 Å². The van der Waals surface area contributed by atoms with Crippen molar-refractivity contribution in [1.29, 1.82) is 0 Å². The molecule has 26 heavy (non-hydrogen) atoms. The molecular weight excluding hydrogens is 344 g/mol. The minimum atomic E-state index is 0.713. The second-order valence-corrected chi connectivity index (χ2v) is 6.63. The van der Waals surface area contributed by atoms with Crippen LogP contribution in [-0.2, 0) is 6.42 Å². The fourth-order valence-corrected chi connectivity index (χ4v) is 3.23. The van der Waals surface area contributed by atoms with Gasteiger partial charge in [0, 0.05) is 28.0 Å². The predicted molar refractivity (Wildman–Crippen MR) is 107 cm³/mol. The molecule has 4 nitrogen and oxygen atoms in total. The molecule has 0 amide bonds. The van der Waals surface area contributed by atoms with Crippen LogP contribution in [0.5, 0.6) is 0 Å². The second-order valence-electron chi connectivity index (χ2n) is 6.19. The van der Waals surface area contributed by atoms with E-state index in [0.29, 0.717) is 5.02 Å². The summed E-state index contributed by atoms with van der Waals surface area (Å²) < 4.78 is 1.89. The van der Waals surface area contributed by atoms with Gasteiger partial charge in [-0.1, -0.05) is 48.9 Å². The maximum atomic E-state index is 5.99. The normalized spacial score (nSPS) is 11.0. The number of aromatic nitrogens is 3. The number of aryl methyl sites for hydroxylation is 2. The maximum absolute atomic E-state index is 5.99. The van der Waals surface area contributed by atoms with Crippen molar-refractivity contribution in [3.8, 4) is 11.1 Å². The molecule has 0 saturated carbocycles. The minimum absolute atomic E-state index is 0.713. The van der Waals surface area contributed by atoms with Crippen molar-refractivity contribution in [2.24, 2.45) is 0 Å². The van der Waals surface area contributed by atoms with Crippen LogP contribution < -0.4 is 5.32 Å². The summed E-state index contributed by atoms with van der Waals surface area (Å²) >= 11 is 5.99. The molecule has 0 aliphatic rings. The van der Waals surface area contributed by atoms with E-state index in [1.165, 1.54) is 0 Å². The van der Waals surface area contributed by atoms with Gasteiger partial charge in [-0.05, 0) is 43.2 Å². The lowest BCUT2D eigenvalue weighted by atomic mass is 10.0. The van der Waals surface area contributed by atoms with E-state index in [-0.39, 0.29) is 0 Å². The third-order valence-corrected chi connectivity index (χ3v) is 4.56. The van der Waals surface area contributed by atoms with Crippen molar-refractivity contribution < 1.29 is 0 Å². The first-order valence-electron chi connectivity index (χ1n) is 8.63. The second kappa shape index (κ2) is 6.81.